The van der Waals surface area contributed by atoms with Gasteiger partial charge in [-0.15, -0.1) is 11.3 Å². The second kappa shape index (κ2) is 11.7. The molecule has 1 saturated carbocycles. The molecule has 3 aromatic rings. The molecule has 0 spiro atoms. The Morgan fingerprint density at radius 2 is 2.06 bits per heavy atom. The molecule has 8 nitrogen and oxygen atoms in total. The molecule has 3 heterocycles. The second-order valence-corrected chi connectivity index (χ2v) is 8.31. The monoisotopic (exact) mass is 445 g/mol. The highest BCUT2D eigenvalue weighted by Gasteiger charge is 2.19. The van der Waals surface area contributed by atoms with Crippen LogP contribution < -0.4 is 5.32 Å². The molecule has 0 saturated heterocycles. The summed E-state index contributed by atoms with van der Waals surface area (Å²) < 4.78 is 6.18. The second-order valence-electron chi connectivity index (χ2n) is 7.42. The van der Waals surface area contributed by atoms with Crippen molar-refractivity contribution in [3.63, 3.8) is 0 Å². The summed E-state index contributed by atoms with van der Waals surface area (Å²) in [7, 11) is 3.42. The van der Waals surface area contributed by atoms with Gasteiger partial charge in [-0.3, -0.25) is 14.5 Å². The van der Waals surface area contributed by atoms with Crippen molar-refractivity contribution in [2.45, 2.75) is 38.1 Å². The van der Waals surface area contributed by atoms with E-state index in [1.54, 1.807) is 29.7 Å². The number of amides is 1. The Morgan fingerprint density at radius 1 is 1.29 bits per heavy atom. The Morgan fingerprint density at radius 3 is 2.65 bits per heavy atom. The number of aliphatic hydroxyl groups excluding tert-OH is 1. The maximum Gasteiger partial charge on any atom is 0.251 e. The van der Waals surface area contributed by atoms with Gasteiger partial charge in [-0.2, -0.15) is 5.10 Å². The molecule has 1 aliphatic carbocycles. The first-order valence-electron chi connectivity index (χ1n) is 10.4. The van der Waals surface area contributed by atoms with Gasteiger partial charge in [-0.25, -0.2) is 4.98 Å². The topological polar surface area (TPSA) is 102 Å². The van der Waals surface area contributed by atoms with E-state index in [0.29, 0.717) is 12.2 Å². The lowest BCUT2D eigenvalue weighted by atomic mass is 9.95. The van der Waals surface area contributed by atoms with Crippen molar-refractivity contribution >= 4 is 17.2 Å². The van der Waals surface area contributed by atoms with E-state index in [1.807, 2.05) is 25.4 Å². The molecule has 0 aliphatic heterocycles. The summed E-state index contributed by atoms with van der Waals surface area (Å²) in [5.41, 5.74) is 4.81. The van der Waals surface area contributed by atoms with E-state index in [2.05, 4.69) is 20.1 Å². The smallest absolute Gasteiger partial charge is 0.251 e. The lowest BCUT2D eigenvalue weighted by Gasteiger charge is -2.22. The number of aromatic nitrogens is 4. The number of carbonyl (C=O) groups is 1. The third-order valence-electron chi connectivity index (χ3n) is 5.01. The average molecular weight is 446 g/mol. The number of thiazole rings is 1. The maximum absolute atomic E-state index is 12.9. The number of carbonyl (C=O) groups excluding carboxylic acids is 1. The molecule has 0 atom stereocenters. The summed E-state index contributed by atoms with van der Waals surface area (Å²) in [4.78, 5) is 22.7. The zero-order valence-corrected chi connectivity index (χ0v) is 18.8. The average Bonchev–Trinajstić information content (AvgIpc) is 3.47. The molecular formula is C22H31N5O3S. The molecule has 168 valence electrons. The van der Waals surface area contributed by atoms with Crippen LogP contribution in [0, 0.1) is 0 Å². The van der Waals surface area contributed by atoms with Gasteiger partial charge >= 0.3 is 0 Å². The number of aryl methyl sites for hydroxylation is 1. The van der Waals surface area contributed by atoms with Crippen molar-refractivity contribution in [2.24, 2.45) is 7.05 Å². The molecule has 1 aliphatic rings. The zero-order valence-electron chi connectivity index (χ0n) is 18.0. The normalized spacial score (nSPS) is 14.0. The number of methoxy groups -OCH3 is 1. The maximum atomic E-state index is 12.9. The van der Waals surface area contributed by atoms with Crippen LogP contribution in [-0.2, 0) is 11.8 Å². The molecule has 2 N–H and O–H groups in total. The fourth-order valence-corrected chi connectivity index (χ4v) is 4.02. The van der Waals surface area contributed by atoms with E-state index in [9.17, 15) is 4.79 Å². The van der Waals surface area contributed by atoms with Crippen LogP contribution in [0.1, 0.15) is 43.9 Å². The van der Waals surface area contributed by atoms with Gasteiger partial charge in [0.25, 0.3) is 5.91 Å². The standard InChI is InChI=1S/C19H21N5OS.C3H8O2.H2/c1-24-11-14(9-21-24)16-7-13(8-17(23-16)18-10-20-12-26-18)19(25)22-15-5-3-2-4-6-15;1-5-3-2-4;/h7-12,15H,2-6H2,1H3,(H,22,25);4H,2-3H2,1H3;1H. The Hall–Kier alpha value is -2.62. The van der Waals surface area contributed by atoms with Gasteiger partial charge in [0, 0.05) is 45.1 Å². The molecule has 1 amide bonds. The van der Waals surface area contributed by atoms with Gasteiger partial charge in [0.1, 0.15) is 0 Å². The molecule has 0 unspecified atom stereocenters. The predicted octanol–water partition coefficient (Wildman–Crippen LogP) is 3.54. The van der Waals surface area contributed by atoms with Crippen molar-refractivity contribution in [1.82, 2.24) is 25.1 Å². The minimum atomic E-state index is -0.0322. The third kappa shape index (κ3) is 6.68. The molecular weight excluding hydrogens is 414 g/mol. The van der Waals surface area contributed by atoms with Gasteiger partial charge in [-0.05, 0) is 25.0 Å². The highest BCUT2D eigenvalue weighted by Crippen LogP contribution is 2.27. The molecule has 0 radical (unpaired) electrons. The van der Waals surface area contributed by atoms with Gasteiger partial charge in [0.15, 0.2) is 0 Å². The van der Waals surface area contributed by atoms with Gasteiger partial charge < -0.3 is 15.2 Å². The van der Waals surface area contributed by atoms with Crippen molar-refractivity contribution in [2.75, 3.05) is 20.3 Å². The summed E-state index contributed by atoms with van der Waals surface area (Å²) in [5, 5.41) is 15.4. The zero-order chi connectivity index (χ0) is 22.1. The number of ether oxygens (including phenoxy) is 1. The Kier molecular flexibility index (Phi) is 8.69. The largest absolute Gasteiger partial charge is 0.394 e. The minimum Gasteiger partial charge on any atom is -0.394 e. The van der Waals surface area contributed by atoms with Crippen LogP contribution in [0.15, 0.2) is 36.2 Å². The third-order valence-corrected chi connectivity index (χ3v) is 5.80. The molecule has 0 bridgehead atoms. The van der Waals surface area contributed by atoms with Crippen molar-refractivity contribution in [3.05, 3.63) is 41.8 Å². The highest BCUT2D eigenvalue weighted by molar-refractivity contribution is 7.13. The first-order valence-corrected chi connectivity index (χ1v) is 11.3. The summed E-state index contributed by atoms with van der Waals surface area (Å²) >= 11 is 1.52. The van der Waals surface area contributed by atoms with E-state index in [0.717, 1.165) is 34.7 Å². The van der Waals surface area contributed by atoms with Crippen molar-refractivity contribution in [1.29, 1.82) is 0 Å². The molecule has 1 fully saturated rings. The van der Waals surface area contributed by atoms with Crippen molar-refractivity contribution in [3.8, 4) is 21.8 Å². The van der Waals surface area contributed by atoms with E-state index in [-0.39, 0.29) is 20.0 Å². The van der Waals surface area contributed by atoms with Crippen LogP contribution in [0.5, 0.6) is 0 Å². The quantitative estimate of drug-likeness (QED) is 0.602. The molecule has 3 aromatic heterocycles. The first kappa shape index (κ1) is 23.1. The molecule has 0 aromatic carbocycles. The lowest BCUT2D eigenvalue weighted by Crippen LogP contribution is -2.36. The Balaban J connectivity index is 0.000000548. The summed E-state index contributed by atoms with van der Waals surface area (Å²) in [6.07, 6.45) is 11.2. The van der Waals surface area contributed by atoms with E-state index in [4.69, 9.17) is 10.1 Å². The number of nitrogens with one attached hydrogen (secondary N) is 1. The number of nitrogens with zero attached hydrogens (tertiary/aromatic N) is 4. The van der Waals surface area contributed by atoms with Crippen LogP contribution >= 0.6 is 11.3 Å². The summed E-state index contributed by atoms with van der Waals surface area (Å²) in [6, 6.07) is 3.98. The lowest BCUT2D eigenvalue weighted by molar-refractivity contribution is 0.0927. The first-order chi connectivity index (χ1) is 15.1. The Bertz CT molecular complexity index is 956. The highest BCUT2D eigenvalue weighted by atomic mass is 32.1. The summed E-state index contributed by atoms with van der Waals surface area (Å²) in [5.74, 6) is -0.0322. The fraction of sp³-hybridized carbons (Fsp3) is 0.455. The van der Waals surface area contributed by atoms with Crippen LogP contribution in [-0.4, -0.2) is 57.1 Å². The number of rotatable bonds is 6. The van der Waals surface area contributed by atoms with Gasteiger partial charge in [0.05, 0.1) is 41.2 Å². The van der Waals surface area contributed by atoms with Gasteiger partial charge in [-0.1, -0.05) is 19.3 Å². The minimum absolute atomic E-state index is 0. The predicted molar refractivity (Wildman–Crippen MR) is 123 cm³/mol. The van der Waals surface area contributed by atoms with Crippen LogP contribution in [0.25, 0.3) is 21.8 Å². The van der Waals surface area contributed by atoms with Crippen LogP contribution in [0.2, 0.25) is 0 Å². The number of pyridine rings is 1. The van der Waals surface area contributed by atoms with E-state index < -0.39 is 0 Å². The van der Waals surface area contributed by atoms with E-state index >= 15 is 0 Å². The van der Waals surface area contributed by atoms with E-state index in [1.165, 1.54) is 30.6 Å². The fourth-order valence-electron chi connectivity index (χ4n) is 3.44. The number of hydrogen-bond donors (Lipinski definition) is 2. The SMILES string of the molecule is COCCO.Cn1cc(-c2cc(C(=O)NC3CCCCC3)cc(-c3cncs3)n2)cn1.[HH]. The van der Waals surface area contributed by atoms with Crippen molar-refractivity contribution < 1.29 is 16.1 Å². The van der Waals surface area contributed by atoms with Crippen LogP contribution in [0.3, 0.4) is 0 Å². The molecule has 9 heteroatoms. The van der Waals surface area contributed by atoms with Crippen LogP contribution in [0.4, 0.5) is 0 Å². The summed E-state index contributed by atoms with van der Waals surface area (Å²) in [6.45, 7) is 0.566. The number of hydrogen-bond acceptors (Lipinski definition) is 7. The van der Waals surface area contributed by atoms with Gasteiger partial charge in [0.2, 0.25) is 0 Å². The molecule has 31 heavy (non-hydrogen) atoms. The molecule has 4 rings (SSSR count). The Labute approximate surface area is 187 Å². The number of aliphatic hydroxyl groups is 1.